The fourth-order valence-corrected chi connectivity index (χ4v) is 6.31. The summed E-state index contributed by atoms with van der Waals surface area (Å²) in [5, 5.41) is 19.8. The number of pyridine rings is 2. The molecular weight excluding hydrogens is 521 g/mol. The molecule has 37 heavy (non-hydrogen) atoms. The minimum absolute atomic E-state index is 0. The summed E-state index contributed by atoms with van der Waals surface area (Å²) in [5.41, 5.74) is 2.22. The molecule has 2 saturated heterocycles. The Balaban J connectivity index is 0.000000195. The van der Waals surface area contributed by atoms with Crippen LogP contribution in [0, 0.1) is 11.3 Å². The molecule has 13 heteroatoms. The summed E-state index contributed by atoms with van der Waals surface area (Å²) in [4.78, 5) is 32.5. The van der Waals surface area contributed by atoms with Crippen LogP contribution in [0.5, 0.6) is 0 Å². The summed E-state index contributed by atoms with van der Waals surface area (Å²) in [6.45, 7) is 4.27. The van der Waals surface area contributed by atoms with Gasteiger partial charge in [-0.25, -0.2) is 24.7 Å². The molecule has 4 aromatic heterocycles. The van der Waals surface area contributed by atoms with Crippen molar-refractivity contribution in [3.05, 3.63) is 35.9 Å². The van der Waals surface area contributed by atoms with Crippen LogP contribution in [0.3, 0.4) is 0 Å². The average Bonchev–Trinajstić information content (AvgIpc) is 3.53. The maximum absolute atomic E-state index is 10.9. The van der Waals surface area contributed by atoms with Gasteiger partial charge in [0.05, 0.1) is 21.8 Å². The molecule has 2 fully saturated rings. The Hall–Kier alpha value is -2.40. The number of nitriles is 1. The van der Waals surface area contributed by atoms with E-state index in [9.17, 15) is 4.79 Å². The third-order valence-corrected chi connectivity index (χ3v) is 8.27. The Kier molecular flexibility index (Phi) is 10.6. The van der Waals surface area contributed by atoms with Gasteiger partial charge in [0.25, 0.3) is 0 Å². The van der Waals surface area contributed by atoms with Crippen molar-refractivity contribution in [3.8, 4) is 6.07 Å². The van der Waals surface area contributed by atoms with E-state index < -0.39 is 5.97 Å². The molecular formula is C24H26N7NaO3S2. The van der Waals surface area contributed by atoms with E-state index in [0.29, 0.717) is 5.69 Å². The number of carboxylic acid groups (broad SMARTS) is 1. The molecule has 0 aromatic carbocycles. The van der Waals surface area contributed by atoms with Gasteiger partial charge in [0.15, 0.2) is 10.3 Å². The Labute approximate surface area is 244 Å². The van der Waals surface area contributed by atoms with Crippen molar-refractivity contribution in [2.24, 2.45) is 0 Å². The second kappa shape index (κ2) is 13.4. The molecule has 0 radical (unpaired) electrons. The minimum atomic E-state index is -0.996. The third-order valence-electron chi connectivity index (χ3n) is 6.11. The molecule has 0 unspecified atom stereocenters. The number of thiazole rings is 2. The monoisotopic (exact) mass is 547 g/mol. The van der Waals surface area contributed by atoms with E-state index in [1.807, 2.05) is 6.07 Å². The standard InChI is InChI=1S/C12H12N4S.C12H13N3O2S.Na.H2O/c13-7-9-6-11-10(8-14-9)15-12(17-11)16-4-2-1-3-5-16;16-11(17)8-6-10-9(7-13-8)14-12(18-10)15-4-2-1-3-5-15;;/h6,8H,1-5H2;6-7H,1-5H2,(H,16,17);;1H2/q;;+1;/p-1. The number of aromatic carboxylic acids is 1. The second-order valence-corrected chi connectivity index (χ2v) is 10.6. The quantitative estimate of drug-likeness (QED) is 0.376. The smallest absolute Gasteiger partial charge is 0.870 e. The van der Waals surface area contributed by atoms with Crippen LogP contribution < -0.4 is 39.4 Å². The molecule has 6 rings (SSSR count). The number of hydrogen-bond acceptors (Lipinski definition) is 11. The van der Waals surface area contributed by atoms with Crippen molar-refractivity contribution < 1.29 is 44.9 Å². The van der Waals surface area contributed by atoms with Gasteiger partial charge in [0.2, 0.25) is 0 Å². The zero-order valence-corrected chi connectivity index (χ0v) is 24.3. The fraction of sp³-hybridized carbons (Fsp3) is 0.417. The van der Waals surface area contributed by atoms with Crippen molar-refractivity contribution in [2.75, 3.05) is 36.0 Å². The average molecular weight is 548 g/mol. The molecule has 6 heterocycles. The summed E-state index contributed by atoms with van der Waals surface area (Å²) in [6.07, 6.45) is 10.7. The molecule has 0 aliphatic carbocycles. The van der Waals surface area contributed by atoms with Gasteiger partial charge in [0.1, 0.15) is 28.5 Å². The molecule has 0 atom stereocenters. The molecule has 188 valence electrons. The third kappa shape index (κ3) is 6.93. The van der Waals surface area contributed by atoms with E-state index in [2.05, 4.69) is 35.8 Å². The van der Waals surface area contributed by atoms with Crippen molar-refractivity contribution >= 4 is 59.3 Å². The molecule has 4 aromatic rings. The van der Waals surface area contributed by atoms with Crippen LogP contribution in [0.15, 0.2) is 24.5 Å². The zero-order valence-electron chi connectivity index (χ0n) is 20.6. The van der Waals surface area contributed by atoms with Crippen LogP contribution in [0.2, 0.25) is 0 Å². The van der Waals surface area contributed by atoms with Gasteiger partial charge in [-0.3, -0.25) is 0 Å². The predicted molar refractivity (Wildman–Crippen MR) is 141 cm³/mol. The Morgan fingerprint density at radius 2 is 1.32 bits per heavy atom. The Bertz CT molecular complexity index is 1390. The molecule has 0 amide bonds. The summed E-state index contributed by atoms with van der Waals surface area (Å²) in [7, 11) is 0. The molecule has 2 aliphatic heterocycles. The molecule has 0 spiro atoms. The van der Waals surface area contributed by atoms with Gasteiger partial charge in [-0.1, -0.05) is 22.7 Å². The minimum Gasteiger partial charge on any atom is -0.870 e. The molecule has 0 saturated carbocycles. The van der Waals surface area contributed by atoms with E-state index in [1.54, 1.807) is 41.1 Å². The maximum Gasteiger partial charge on any atom is 1.00 e. The molecule has 2 aliphatic rings. The van der Waals surface area contributed by atoms with Gasteiger partial charge >= 0.3 is 35.5 Å². The van der Waals surface area contributed by atoms with Gasteiger partial charge in [-0.15, -0.1) is 0 Å². The van der Waals surface area contributed by atoms with Gasteiger partial charge in [-0.05, 0) is 50.7 Å². The molecule has 0 bridgehead atoms. The van der Waals surface area contributed by atoms with Crippen molar-refractivity contribution in [1.29, 1.82) is 5.26 Å². The van der Waals surface area contributed by atoms with Crippen LogP contribution in [0.4, 0.5) is 10.3 Å². The number of piperidine rings is 2. The number of fused-ring (bicyclic) bond motifs is 2. The Morgan fingerprint density at radius 3 is 1.81 bits per heavy atom. The van der Waals surface area contributed by atoms with E-state index >= 15 is 0 Å². The van der Waals surface area contributed by atoms with Gasteiger partial charge in [0, 0.05) is 26.2 Å². The SMILES string of the molecule is N#Cc1cc2sc(N3CCCCC3)nc2cn1.O=C(O)c1cc2sc(N3CCCCC3)nc2cn1.[Na+].[OH-]. The number of nitrogens with zero attached hydrogens (tertiary/aromatic N) is 7. The first kappa shape index (κ1) is 29.2. The maximum atomic E-state index is 10.9. The van der Waals surface area contributed by atoms with E-state index in [-0.39, 0.29) is 40.7 Å². The van der Waals surface area contributed by atoms with E-state index in [1.165, 1.54) is 38.5 Å². The zero-order chi connectivity index (χ0) is 24.2. The summed E-state index contributed by atoms with van der Waals surface area (Å²) < 4.78 is 1.94. The number of hydrogen-bond donors (Lipinski definition) is 1. The van der Waals surface area contributed by atoms with Crippen molar-refractivity contribution in [1.82, 2.24) is 19.9 Å². The van der Waals surface area contributed by atoms with E-state index in [4.69, 9.17) is 10.4 Å². The van der Waals surface area contributed by atoms with Crippen LogP contribution in [-0.2, 0) is 0 Å². The first-order valence-electron chi connectivity index (χ1n) is 11.8. The normalized spacial score (nSPS) is 15.2. The topological polar surface area (TPSA) is 149 Å². The summed E-state index contributed by atoms with van der Waals surface area (Å²) >= 11 is 3.20. The number of rotatable bonds is 3. The van der Waals surface area contributed by atoms with Crippen LogP contribution in [-0.4, -0.2) is 62.7 Å². The van der Waals surface area contributed by atoms with Crippen LogP contribution in [0.1, 0.15) is 54.7 Å². The number of anilines is 2. The number of carboxylic acids is 1. The van der Waals surface area contributed by atoms with Crippen LogP contribution in [0.25, 0.3) is 20.4 Å². The van der Waals surface area contributed by atoms with Crippen molar-refractivity contribution in [3.63, 3.8) is 0 Å². The predicted octanol–water partition coefficient (Wildman–Crippen LogP) is 1.76. The first-order chi connectivity index (χ1) is 17.1. The first-order valence-corrected chi connectivity index (χ1v) is 13.4. The number of aromatic nitrogens is 4. The van der Waals surface area contributed by atoms with E-state index in [0.717, 1.165) is 56.9 Å². The Morgan fingerprint density at radius 1 is 0.838 bits per heavy atom. The second-order valence-electron chi connectivity index (χ2n) is 8.58. The fourth-order valence-electron chi connectivity index (χ4n) is 4.26. The van der Waals surface area contributed by atoms with Crippen LogP contribution >= 0.6 is 22.7 Å². The van der Waals surface area contributed by atoms with Gasteiger partial charge in [-0.2, -0.15) is 5.26 Å². The van der Waals surface area contributed by atoms with Crippen molar-refractivity contribution in [2.45, 2.75) is 38.5 Å². The number of carbonyl (C=O) groups is 1. The molecule has 2 N–H and O–H groups in total. The largest absolute Gasteiger partial charge is 1.00 e. The summed E-state index contributed by atoms with van der Waals surface area (Å²) in [6, 6.07) is 5.48. The molecule has 10 nitrogen and oxygen atoms in total. The summed E-state index contributed by atoms with van der Waals surface area (Å²) in [5.74, 6) is -0.996. The van der Waals surface area contributed by atoms with Gasteiger partial charge < -0.3 is 20.4 Å².